The lowest BCUT2D eigenvalue weighted by Crippen LogP contribution is -2.53. The van der Waals surface area contributed by atoms with E-state index in [0.717, 1.165) is 5.56 Å². The van der Waals surface area contributed by atoms with Crippen LogP contribution in [0.15, 0.2) is 30.3 Å². The average Bonchev–Trinajstić information content (AvgIpc) is 2.91. The molecule has 3 amide bonds. The molecular weight excluding hydrogens is 270 g/mol. The Morgan fingerprint density at radius 1 is 1.29 bits per heavy atom. The van der Waals surface area contributed by atoms with Gasteiger partial charge in [-0.1, -0.05) is 30.3 Å². The number of nitrogens with zero attached hydrogens (tertiary/aromatic N) is 1. The van der Waals surface area contributed by atoms with Crippen LogP contribution in [0.5, 0.6) is 0 Å². The zero-order valence-corrected chi connectivity index (χ0v) is 12.4. The van der Waals surface area contributed by atoms with E-state index in [9.17, 15) is 9.59 Å². The first-order valence-corrected chi connectivity index (χ1v) is 6.99. The van der Waals surface area contributed by atoms with Gasteiger partial charge in [0.1, 0.15) is 6.61 Å². The lowest BCUT2D eigenvalue weighted by Gasteiger charge is -2.33. The molecule has 0 unspecified atom stereocenters. The molecule has 6 nitrogen and oxygen atoms in total. The normalized spacial score (nSPS) is 14.8. The molecule has 6 heteroatoms. The number of carbonyl (C=O) groups is 2. The fourth-order valence-electron chi connectivity index (χ4n) is 2.18. The van der Waals surface area contributed by atoms with Crippen LogP contribution in [0.1, 0.15) is 19.4 Å². The van der Waals surface area contributed by atoms with Crippen molar-refractivity contribution < 1.29 is 14.3 Å². The third-order valence-electron chi connectivity index (χ3n) is 3.47. The molecule has 1 aliphatic rings. The maximum Gasteiger partial charge on any atom is 0.410 e. The summed E-state index contributed by atoms with van der Waals surface area (Å²) >= 11 is 0. The zero-order valence-electron chi connectivity index (χ0n) is 12.4. The highest BCUT2D eigenvalue weighted by Gasteiger charge is 2.35. The molecule has 0 bridgehead atoms. The minimum Gasteiger partial charge on any atom is -0.448 e. The third-order valence-corrected chi connectivity index (χ3v) is 3.47. The highest BCUT2D eigenvalue weighted by molar-refractivity contribution is 5.74. The monoisotopic (exact) mass is 291 g/mol. The fourth-order valence-corrected chi connectivity index (χ4v) is 2.18. The highest BCUT2D eigenvalue weighted by Crippen LogP contribution is 2.18. The summed E-state index contributed by atoms with van der Waals surface area (Å²) in [5.74, 6) is 0. The summed E-state index contributed by atoms with van der Waals surface area (Å²) < 4.78 is 4.92. The largest absolute Gasteiger partial charge is 0.448 e. The average molecular weight is 291 g/mol. The summed E-state index contributed by atoms with van der Waals surface area (Å²) in [6.07, 6.45) is -0.327. The number of cyclic esters (lactones) is 1. The van der Waals surface area contributed by atoms with Crippen LogP contribution in [-0.2, 0) is 11.3 Å². The van der Waals surface area contributed by atoms with E-state index < -0.39 is 5.54 Å². The molecule has 1 aliphatic heterocycles. The van der Waals surface area contributed by atoms with Crippen LogP contribution in [0, 0.1) is 0 Å². The Balaban J connectivity index is 1.76. The molecule has 0 saturated carbocycles. The van der Waals surface area contributed by atoms with Gasteiger partial charge in [0.05, 0.1) is 12.1 Å². The van der Waals surface area contributed by atoms with E-state index in [-0.39, 0.29) is 12.1 Å². The lowest BCUT2D eigenvalue weighted by molar-refractivity contribution is 0.125. The van der Waals surface area contributed by atoms with Crippen LogP contribution >= 0.6 is 0 Å². The topological polar surface area (TPSA) is 70.7 Å². The van der Waals surface area contributed by atoms with E-state index in [4.69, 9.17) is 4.74 Å². The van der Waals surface area contributed by atoms with Gasteiger partial charge in [0.2, 0.25) is 0 Å². The maximum absolute atomic E-state index is 11.8. The van der Waals surface area contributed by atoms with Gasteiger partial charge in [-0.3, -0.25) is 4.90 Å². The smallest absolute Gasteiger partial charge is 0.410 e. The first-order valence-electron chi connectivity index (χ1n) is 6.99. The standard InChI is InChI=1S/C15H21N3O3/c1-15(2,18-8-9-21-14(18)20)11-17-13(19)16-10-12-6-4-3-5-7-12/h3-7H,8-11H2,1-2H3,(H2,16,17,19). The number of amides is 3. The first kappa shape index (κ1) is 15.2. The fraction of sp³-hybridized carbons (Fsp3) is 0.467. The molecule has 2 rings (SSSR count). The van der Waals surface area contributed by atoms with Gasteiger partial charge in [-0.2, -0.15) is 0 Å². The summed E-state index contributed by atoms with van der Waals surface area (Å²) in [7, 11) is 0. The van der Waals surface area contributed by atoms with Crippen molar-refractivity contribution in [2.45, 2.75) is 25.9 Å². The quantitative estimate of drug-likeness (QED) is 0.867. The van der Waals surface area contributed by atoms with Gasteiger partial charge >= 0.3 is 12.1 Å². The number of ether oxygens (including phenoxy) is 1. The number of urea groups is 1. The second kappa shape index (κ2) is 6.47. The van der Waals surface area contributed by atoms with Gasteiger partial charge in [-0.25, -0.2) is 9.59 Å². The summed E-state index contributed by atoms with van der Waals surface area (Å²) in [5, 5.41) is 5.58. The molecule has 1 aromatic rings. The molecule has 0 radical (unpaired) electrons. The maximum atomic E-state index is 11.8. The Labute approximate surface area is 124 Å². The van der Waals surface area contributed by atoms with E-state index in [1.54, 1.807) is 4.90 Å². The Bertz CT molecular complexity index is 502. The molecule has 0 aliphatic carbocycles. The molecule has 1 saturated heterocycles. The molecule has 0 spiro atoms. The van der Waals surface area contributed by atoms with Crippen LogP contribution in [0.2, 0.25) is 0 Å². The van der Waals surface area contributed by atoms with E-state index in [1.807, 2.05) is 44.2 Å². The van der Waals surface area contributed by atoms with Crippen molar-refractivity contribution in [2.24, 2.45) is 0 Å². The summed E-state index contributed by atoms with van der Waals surface area (Å²) in [4.78, 5) is 25.0. The predicted octanol–water partition coefficient (Wildman–Crippen LogP) is 1.72. The molecule has 21 heavy (non-hydrogen) atoms. The Morgan fingerprint density at radius 3 is 2.62 bits per heavy atom. The van der Waals surface area contributed by atoms with Crippen LogP contribution in [-0.4, -0.2) is 42.3 Å². The minimum atomic E-state index is -0.475. The molecular formula is C15H21N3O3. The van der Waals surface area contributed by atoms with Crippen molar-refractivity contribution in [3.05, 3.63) is 35.9 Å². The number of hydrogen-bond acceptors (Lipinski definition) is 3. The Morgan fingerprint density at radius 2 is 2.00 bits per heavy atom. The molecule has 0 aromatic heterocycles. The molecule has 1 aromatic carbocycles. The first-order chi connectivity index (χ1) is 9.99. The van der Waals surface area contributed by atoms with E-state index in [2.05, 4.69) is 10.6 Å². The Hall–Kier alpha value is -2.24. The van der Waals surface area contributed by atoms with Crippen molar-refractivity contribution in [1.82, 2.24) is 15.5 Å². The van der Waals surface area contributed by atoms with Crippen LogP contribution < -0.4 is 10.6 Å². The van der Waals surface area contributed by atoms with Gasteiger partial charge < -0.3 is 15.4 Å². The second-order valence-electron chi connectivity index (χ2n) is 5.60. The van der Waals surface area contributed by atoms with Crippen molar-refractivity contribution in [3.8, 4) is 0 Å². The number of nitrogens with one attached hydrogen (secondary N) is 2. The van der Waals surface area contributed by atoms with Gasteiger partial charge in [-0.15, -0.1) is 0 Å². The SMILES string of the molecule is CC(C)(CNC(=O)NCc1ccccc1)N1CCOC1=O. The van der Waals surface area contributed by atoms with Gasteiger partial charge in [0, 0.05) is 13.1 Å². The number of rotatable bonds is 5. The third kappa shape index (κ3) is 4.11. The predicted molar refractivity (Wildman–Crippen MR) is 78.8 cm³/mol. The summed E-state index contributed by atoms with van der Waals surface area (Å²) in [6.45, 7) is 5.59. The molecule has 114 valence electrons. The van der Waals surface area contributed by atoms with Crippen LogP contribution in [0.3, 0.4) is 0 Å². The number of hydrogen-bond donors (Lipinski definition) is 2. The van der Waals surface area contributed by atoms with E-state index in [1.165, 1.54) is 0 Å². The van der Waals surface area contributed by atoms with Crippen LogP contribution in [0.25, 0.3) is 0 Å². The number of benzene rings is 1. The van der Waals surface area contributed by atoms with Crippen LogP contribution in [0.4, 0.5) is 9.59 Å². The molecule has 1 fully saturated rings. The number of carbonyl (C=O) groups excluding carboxylic acids is 2. The summed E-state index contributed by atoms with van der Waals surface area (Å²) in [6, 6.07) is 9.43. The van der Waals surface area contributed by atoms with Gasteiger partial charge in [-0.05, 0) is 19.4 Å². The van der Waals surface area contributed by atoms with Crippen molar-refractivity contribution >= 4 is 12.1 Å². The van der Waals surface area contributed by atoms with Crippen molar-refractivity contribution in [3.63, 3.8) is 0 Å². The zero-order chi connectivity index (χ0) is 15.3. The molecule has 1 heterocycles. The molecule has 2 N–H and O–H groups in total. The van der Waals surface area contributed by atoms with Crippen molar-refractivity contribution in [1.29, 1.82) is 0 Å². The van der Waals surface area contributed by atoms with Gasteiger partial charge in [0.25, 0.3) is 0 Å². The van der Waals surface area contributed by atoms with Gasteiger partial charge in [0.15, 0.2) is 0 Å². The second-order valence-corrected chi connectivity index (χ2v) is 5.60. The van der Waals surface area contributed by atoms with Crippen molar-refractivity contribution in [2.75, 3.05) is 19.7 Å². The highest BCUT2D eigenvalue weighted by atomic mass is 16.6. The lowest BCUT2D eigenvalue weighted by atomic mass is 10.0. The summed E-state index contributed by atoms with van der Waals surface area (Å²) in [5.41, 5.74) is 0.563. The van der Waals surface area contributed by atoms with E-state index >= 15 is 0 Å². The molecule has 0 atom stereocenters. The Kier molecular flexibility index (Phi) is 4.67. The minimum absolute atomic E-state index is 0.250. The van der Waals surface area contributed by atoms with E-state index in [0.29, 0.717) is 26.2 Å².